The van der Waals surface area contributed by atoms with Crippen molar-refractivity contribution >= 4 is 17.5 Å². The lowest BCUT2D eigenvalue weighted by molar-refractivity contribution is 0.112. The first-order valence-corrected chi connectivity index (χ1v) is 6.14. The number of rotatable bonds is 5. The highest BCUT2D eigenvalue weighted by Crippen LogP contribution is 2.21. The Hall–Kier alpha value is -1.00. The molecule has 1 rings (SSSR count). The number of carbonyl (C=O) groups excluding carboxylic acids is 1. The predicted octanol–water partition coefficient (Wildman–Crippen LogP) is 2.03. The van der Waals surface area contributed by atoms with Gasteiger partial charge in [0.1, 0.15) is 17.8 Å². The van der Waals surface area contributed by atoms with Crippen molar-refractivity contribution < 1.29 is 14.1 Å². The van der Waals surface area contributed by atoms with Crippen LogP contribution in [0.15, 0.2) is 23.1 Å². The molecule has 0 aromatic heterocycles. The minimum absolute atomic E-state index is 0.498. The number of ether oxygens (including phenoxy) is 1. The van der Waals surface area contributed by atoms with Crippen molar-refractivity contribution in [1.82, 2.24) is 0 Å². The molecule has 1 aromatic rings. The Morgan fingerprint density at radius 2 is 2.13 bits per heavy atom. The predicted molar refractivity (Wildman–Crippen MR) is 59.9 cm³/mol. The largest absolute Gasteiger partial charge is 0.611 e. The molecule has 0 aliphatic heterocycles. The van der Waals surface area contributed by atoms with E-state index in [4.69, 9.17) is 4.74 Å². The number of aldehydes is 1. The van der Waals surface area contributed by atoms with Crippen molar-refractivity contribution in [3.05, 3.63) is 23.8 Å². The number of benzene rings is 1. The molecule has 0 aliphatic carbocycles. The first kappa shape index (κ1) is 12.1. The van der Waals surface area contributed by atoms with Crippen LogP contribution in [0.25, 0.3) is 0 Å². The molecule has 3 nitrogen and oxygen atoms in total. The van der Waals surface area contributed by atoms with Gasteiger partial charge in [0.25, 0.3) is 0 Å². The lowest BCUT2D eigenvalue weighted by Crippen LogP contribution is -2.05. The van der Waals surface area contributed by atoms with Crippen LogP contribution < -0.4 is 4.74 Å². The van der Waals surface area contributed by atoms with Gasteiger partial charge in [-0.3, -0.25) is 4.79 Å². The highest BCUT2D eigenvalue weighted by Gasteiger charge is 2.11. The Morgan fingerprint density at radius 1 is 1.40 bits per heavy atom. The van der Waals surface area contributed by atoms with Crippen LogP contribution in [0.2, 0.25) is 0 Å². The van der Waals surface area contributed by atoms with Crippen molar-refractivity contribution in [1.29, 1.82) is 0 Å². The number of carbonyl (C=O) groups is 1. The molecule has 0 fully saturated rings. The fraction of sp³-hybridized carbons (Fsp3) is 0.364. The van der Waals surface area contributed by atoms with Crippen LogP contribution in [0.1, 0.15) is 24.2 Å². The molecule has 0 spiro atoms. The van der Waals surface area contributed by atoms with Gasteiger partial charge in [-0.2, -0.15) is 0 Å². The van der Waals surface area contributed by atoms with Crippen LogP contribution in [0, 0.1) is 0 Å². The van der Waals surface area contributed by atoms with Gasteiger partial charge >= 0.3 is 0 Å². The van der Waals surface area contributed by atoms with E-state index < -0.39 is 11.2 Å². The molecule has 0 saturated heterocycles. The molecular weight excluding hydrogens is 212 g/mol. The Kier molecular flexibility index (Phi) is 4.65. The third-order valence-corrected chi connectivity index (χ3v) is 3.16. The zero-order chi connectivity index (χ0) is 11.3. The summed E-state index contributed by atoms with van der Waals surface area (Å²) in [5.74, 6) is 1.13. The minimum atomic E-state index is -1.06. The van der Waals surface area contributed by atoms with E-state index in [0.29, 0.717) is 28.6 Å². The topological polar surface area (TPSA) is 49.4 Å². The first-order valence-electron chi connectivity index (χ1n) is 4.82. The lowest BCUT2D eigenvalue weighted by Gasteiger charge is -2.10. The van der Waals surface area contributed by atoms with Gasteiger partial charge in [0.2, 0.25) is 0 Å². The standard InChI is InChI=1S/C11H14O3S/c1-3-14-10-5-9(8-12)6-11(7-10)15(13)4-2/h5-8H,3-4H2,1-2H3. The molecule has 0 radical (unpaired) electrons. The van der Waals surface area contributed by atoms with E-state index in [2.05, 4.69) is 0 Å². The van der Waals surface area contributed by atoms with Gasteiger partial charge in [0, 0.05) is 17.7 Å². The highest BCUT2D eigenvalue weighted by atomic mass is 32.2. The van der Waals surface area contributed by atoms with Crippen molar-refractivity contribution in [2.45, 2.75) is 18.7 Å². The van der Waals surface area contributed by atoms with Gasteiger partial charge < -0.3 is 9.29 Å². The molecule has 0 bridgehead atoms. The van der Waals surface area contributed by atoms with E-state index in [-0.39, 0.29) is 0 Å². The molecule has 82 valence electrons. The van der Waals surface area contributed by atoms with Crippen LogP contribution in [-0.4, -0.2) is 23.2 Å². The summed E-state index contributed by atoms with van der Waals surface area (Å²) in [6, 6.07) is 5.00. The van der Waals surface area contributed by atoms with Crippen LogP contribution >= 0.6 is 0 Å². The quantitative estimate of drug-likeness (QED) is 0.570. The maximum absolute atomic E-state index is 11.6. The summed E-state index contributed by atoms with van der Waals surface area (Å²) in [5.41, 5.74) is 0.498. The van der Waals surface area contributed by atoms with Gasteiger partial charge in [-0.15, -0.1) is 0 Å². The Bertz CT molecular complexity index is 339. The monoisotopic (exact) mass is 226 g/mol. The van der Waals surface area contributed by atoms with Crippen molar-refractivity contribution in [3.8, 4) is 5.75 Å². The fourth-order valence-corrected chi connectivity index (χ4v) is 2.06. The summed E-state index contributed by atoms with van der Waals surface area (Å²) in [6.07, 6.45) is 0.735. The minimum Gasteiger partial charge on any atom is -0.611 e. The van der Waals surface area contributed by atoms with Gasteiger partial charge in [0.15, 0.2) is 4.90 Å². The van der Waals surface area contributed by atoms with Crippen molar-refractivity contribution in [2.75, 3.05) is 12.4 Å². The summed E-state index contributed by atoms with van der Waals surface area (Å²) >= 11 is -1.06. The maximum Gasteiger partial charge on any atom is 0.157 e. The number of hydrogen-bond acceptors (Lipinski definition) is 3. The summed E-state index contributed by atoms with van der Waals surface area (Å²) in [5, 5.41) is 0. The van der Waals surface area contributed by atoms with E-state index in [1.54, 1.807) is 18.2 Å². The summed E-state index contributed by atoms with van der Waals surface area (Å²) in [6.45, 7) is 4.23. The lowest BCUT2D eigenvalue weighted by atomic mass is 10.2. The molecule has 15 heavy (non-hydrogen) atoms. The third kappa shape index (κ3) is 3.25. The number of hydrogen-bond donors (Lipinski definition) is 0. The fourth-order valence-electron chi connectivity index (χ4n) is 1.21. The molecule has 0 saturated carbocycles. The van der Waals surface area contributed by atoms with E-state index in [9.17, 15) is 9.35 Å². The van der Waals surface area contributed by atoms with E-state index in [1.165, 1.54) is 0 Å². The van der Waals surface area contributed by atoms with Gasteiger partial charge in [-0.05, 0) is 31.1 Å². The molecule has 0 aliphatic rings. The molecule has 1 atom stereocenters. The molecule has 0 amide bonds. The van der Waals surface area contributed by atoms with Crippen molar-refractivity contribution in [2.24, 2.45) is 0 Å². The Labute approximate surface area is 92.6 Å². The molecule has 0 heterocycles. The normalized spacial score (nSPS) is 12.2. The van der Waals surface area contributed by atoms with Gasteiger partial charge in [-0.25, -0.2) is 0 Å². The van der Waals surface area contributed by atoms with Crippen LogP contribution in [0.4, 0.5) is 0 Å². The molecule has 1 unspecified atom stereocenters. The summed E-state index contributed by atoms with van der Waals surface area (Å²) < 4.78 is 16.9. The van der Waals surface area contributed by atoms with E-state index in [1.807, 2.05) is 13.8 Å². The second-order valence-corrected chi connectivity index (χ2v) is 4.66. The van der Waals surface area contributed by atoms with Gasteiger partial charge in [-0.1, -0.05) is 0 Å². The SMILES string of the molecule is CCOc1cc(C=O)cc([S+]([O-])CC)c1. The van der Waals surface area contributed by atoms with E-state index in [0.717, 1.165) is 6.29 Å². The summed E-state index contributed by atoms with van der Waals surface area (Å²) in [7, 11) is 0. The van der Waals surface area contributed by atoms with Crippen molar-refractivity contribution in [3.63, 3.8) is 0 Å². The van der Waals surface area contributed by atoms with E-state index >= 15 is 0 Å². The first-order chi connectivity index (χ1) is 7.21. The zero-order valence-corrected chi connectivity index (χ0v) is 9.67. The maximum atomic E-state index is 11.6. The van der Waals surface area contributed by atoms with Crippen LogP contribution in [-0.2, 0) is 11.2 Å². The third-order valence-electron chi connectivity index (χ3n) is 1.87. The Balaban J connectivity index is 3.04. The molecule has 0 N–H and O–H groups in total. The smallest absolute Gasteiger partial charge is 0.157 e. The average Bonchev–Trinajstić information content (AvgIpc) is 2.28. The average molecular weight is 226 g/mol. The summed E-state index contributed by atoms with van der Waals surface area (Å²) in [4.78, 5) is 11.3. The molecular formula is C11H14O3S. The zero-order valence-electron chi connectivity index (χ0n) is 8.86. The van der Waals surface area contributed by atoms with Crippen LogP contribution in [0.3, 0.4) is 0 Å². The second-order valence-electron chi connectivity index (χ2n) is 2.92. The molecule has 4 heteroatoms. The van der Waals surface area contributed by atoms with Gasteiger partial charge in [0.05, 0.1) is 6.61 Å². The highest BCUT2D eigenvalue weighted by molar-refractivity contribution is 7.91. The molecule has 1 aromatic carbocycles. The van der Waals surface area contributed by atoms with Crippen LogP contribution in [0.5, 0.6) is 5.75 Å². The second kappa shape index (κ2) is 5.78. The Morgan fingerprint density at radius 3 is 2.67 bits per heavy atom.